The van der Waals surface area contributed by atoms with Crippen molar-refractivity contribution in [3.8, 4) is 0 Å². The summed E-state index contributed by atoms with van der Waals surface area (Å²) in [4.78, 5) is 0. The third kappa shape index (κ3) is 2.06. The summed E-state index contributed by atoms with van der Waals surface area (Å²) in [6.07, 6.45) is 6.15. The quantitative estimate of drug-likeness (QED) is 0.859. The Morgan fingerprint density at radius 3 is 2.47 bits per heavy atom. The summed E-state index contributed by atoms with van der Waals surface area (Å²) in [5.41, 5.74) is 8.21. The second-order valence-corrected chi connectivity index (χ2v) is 5.97. The van der Waals surface area contributed by atoms with Crippen LogP contribution >= 0.6 is 0 Å². The Kier molecular flexibility index (Phi) is 3.32. The van der Waals surface area contributed by atoms with Crippen LogP contribution in [0.4, 0.5) is 0 Å². The first-order chi connectivity index (χ1) is 9.26. The van der Waals surface area contributed by atoms with Crippen LogP contribution in [0.5, 0.6) is 0 Å². The molecule has 1 atom stereocenters. The Morgan fingerprint density at radius 1 is 1.11 bits per heavy atom. The Balaban J connectivity index is 2.01. The molecule has 1 heteroatoms. The molecule has 0 amide bonds. The number of rotatable bonds is 4. The van der Waals surface area contributed by atoms with E-state index in [1.165, 1.54) is 42.0 Å². The molecule has 0 aromatic heterocycles. The number of nitrogens with two attached hydrogens (primary N) is 1. The lowest BCUT2D eigenvalue weighted by atomic mass is 9.59. The highest BCUT2D eigenvalue weighted by molar-refractivity contribution is 5.83. The molecule has 1 aliphatic rings. The molecule has 1 fully saturated rings. The van der Waals surface area contributed by atoms with Gasteiger partial charge < -0.3 is 5.73 Å². The summed E-state index contributed by atoms with van der Waals surface area (Å²) < 4.78 is 0. The highest BCUT2D eigenvalue weighted by Crippen LogP contribution is 2.47. The molecule has 2 aromatic rings. The Hall–Kier alpha value is -1.34. The minimum absolute atomic E-state index is 0.250. The van der Waals surface area contributed by atoms with Gasteiger partial charge in [-0.1, -0.05) is 62.2 Å². The van der Waals surface area contributed by atoms with E-state index in [-0.39, 0.29) is 5.41 Å². The molecule has 0 aliphatic heterocycles. The van der Waals surface area contributed by atoms with Crippen molar-refractivity contribution in [2.45, 2.75) is 50.5 Å². The van der Waals surface area contributed by atoms with Crippen molar-refractivity contribution in [1.82, 2.24) is 0 Å². The molecule has 1 nitrogen and oxygen atoms in total. The van der Waals surface area contributed by atoms with Gasteiger partial charge in [-0.2, -0.15) is 0 Å². The molecular weight excluding hydrogens is 230 g/mol. The van der Waals surface area contributed by atoms with Crippen molar-refractivity contribution in [2.75, 3.05) is 0 Å². The van der Waals surface area contributed by atoms with Gasteiger partial charge in [-0.25, -0.2) is 0 Å². The van der Waals surface area contributed by atoms with Crippen LogP contribution in [0.3, 0.4) is 0 Å². The molecule has 19 heavy (non-hydrogen) atoms. The van der Waals surface area contributed by atoms with Crippen molar-refractivity contribution >= 4 is 10.8 Å². The first-order valence-corrected chi connectivity index (χ1v) is 7.51. The normalized spacial score (nSPS) is 19.1. The average Bonchev–Trinajstić information content (AvgIpc) is 2.38. The maximum absolute atomic E-state index is 6.50. The van der Waals surface area contributed by atoms with E-state index in [1.807, 2.05) is 0 Å². The van der Waals surface area contributed by atoms with Gasteiger partial charge in [0.15, 0.2) is 0 Å². The maximum Gasteiger partial charge on any atom is 0.0136 e. The number of hydrogen-bond acceptors (Lipinski definition) is 1. The lowest BCUT2D eigenvalue weighted by Crippen LogP contribution is -2.50. The van der Waals surface area contributed by atoms with Crippen molar-refractivity contribution in [3.63, 3.8) is 0 Å². The molecule has 2 aromatic carbocycles. The minimum Gasteiger partial charge on any atom is -0.327 e. The minimum atomic E-state index is 0.250. The summed E-state index contributed by atoms with van der Waals surface area (Å²) >= 11 is 0. The first kappa shape index (κ1) is 12.7. The Bertz CT molecular complexity index is 569. The van der Waals surface area contributed by atoms with Gasteiger partial charge in [-0.3, -0.25) is 0 Å². The van der Waals surface area contributed by atoms with Crippen LogP contribution in [0, 0.1) is 0 Å². The summed E-state index contributed by atoms with van der Waals surface area (Å²) in [6.45, 7) is 2.23. The van der Waals surface area contributed by atoms with E-state index < -0.39 is 0 Å². The fourth-order valence-corrected chi connectivity index (χ4v) is 3.52. The van der Waals surface area contributed by atoms with E-state index in [4.69, 9.17) is 5.73 Å². The Labute approximate surface area is 115 Å². The molecule has 1 saturated carbocycles. The van der Waals surface area contributed by atoms with Gasteiger partial charge in [0.1, 0.15) is 0 Å². The zero-order valence-electron chi connectivity index (χ0n) is 11.7. The van der Waals surface area contributed by atoms with Crippen LogP contribution in [0.15, 0.2) is 42.5 Å². The predicted octanol–water partition coefficient (Wildman–Crippen LogP) is 4.39. The van der Waals surface area contributed by atoms with Crippen LogP contribution in [0.2, 0.25) is 0 Å². The SMILES string of the molecule is CCCC(N)C1(c2ccc3ccccc3c2)CCC1. The summed E-state index contributed by atoms with van der Waals surface area (Å²) in [6, 6.07) is 15.8. The van der Waals surface area contributed by atoms with Crippen molar-refractivity contribution in [2.24, 2.45) is 5.73 Å². The first-order valence-electron chi connectivity index (χ1n) is 7.51. The molecule has 2 N–H and O–H groups in total. The van der Waals surface area contributed by atoms with Crippen LogP contribution in [-0.2, 0) is 5.41 Å². The molecule has 3 rings (SSSR count). The van der Waals surface area contributed by atoms with Crippen LogP contribution in [-0.4, -0.2) is 6.04 Å². The Morgan fingerprint density at radius 2 is 1.84 bits per heavy atom. The van der Waals surface area contributed by atoms with Gasteiger partial charge in [0.05, 0.1) is 0 Å². The highest BCUT2D eigenvalue weighted by Gasteiger charge is 2.43. The maximum atomic E-state index is 6.50. The lowest BCUT2D eigenvalue weighted by molar-refractivity contribution is 0.188. The number of fused-ring (bicyclic) bond motifs is 1. The smallest absolute Gasteiger partial charge is 0.0136 e. The second kappa shape index (κ2) is 4.97. The number of hydrogen-bond donors (Lipinski definition) is 1. The van der Waals surface area contributed by atoms with Gasteiger partial charge >= 0.3 is 0 Å². The van der Waals surface area contributed by atoms with Gasteiger partial charge in [-0.05, 0) is 35.6 Å². The van der Waals surface area contributed by atoms with Gasteiger partial charge in [-0.15, -0.1) is 0 Å². The van der Waals surface area contributed by atoms with E-state index in [9.17, 15) is 0 Å². The summed E-state index contributed by atoms with van der Waals surface area (Å²) in [5, 5.41) is 2.67. The van der Waals surface area contributed by atoms with E-state index in [2.05, 4.69) is 49.4 Å². The molecule has 0 saturated heterocycles. The van der Waals surface area contributed by atoms with Crippen LogP contribution in [0.25, 0.3) is 10.8 Å². The van der Waals surface area contributed by atoms with Crippen molar-refractivity contribution in [3.05, 3.63) is 48.0 Å². The van der Waals surface area contributed by atoms with E-state index in [1.54, 1.807) is 0 Å². The molecule has 1 aliphatic carbocycles. The van der Waals surface area contributed by atoms with Crippen molar-refractivity contribution in [1.29, 1.82) is 0 Å². The molecule has 0 radical (unpaired) electrons. The summed E-state index contributed by atoms with van der Waals surface area (Å²) in [5.74, 6) is 0. The number of benzene rings is 2. The van der Waals surface area contributed by atoms with E-state index >= 15 is 0 Å². The van der Waals surface area contributed by atoms with E-state index in [0.29, 0.717) is 6.04 Å². The summed E-state index contributed by atoms with van der Waals surface area (Å²) in [7, 11) is 0. The topological polar surface area (TPSA) is 26.0 Å². The van der Waals surface area contributed by atoms with Crippen LogP contribution < -0.4 is 5.73 Å². The monoisotopic (exact) mass is 253 g/mol. The highest BCUT2D eigenvalue weighted by atomic mass is 14.7. The zero-order chi connectivity index (χ0) is 13.3. The fourth-order valence-electron chi connectivity index (χ4n) is 3.52. The van der Waals surface area contributed by atoms with Crippen LogP contribution in [0.1, 0.15) is 44.6 Å². The third-order valence-electron chi connectivity index (χ3n) is 4.88. The predicted molar refractivity (Wildman–Crippen MR) is 82.4 cm³/mol. The molecule has 0 bridgehead atoms. The molecular formula is C18H23N. The van der Waals surface area contributed by atoms with Gasteiger partial charge in [0.25, 0.3) is 0 Å². The molecule has 0 heterocycles. The standard InChI is InChI=1S/C18H23N/c1-2-6-17(19)18(11-5-12-18)16-10-9-14-7-3-4-8-15(14)13-16/h3-4,7-10,13,17H,2,5-6,11-12,19H2,1H3. The molecule has 1 unspecified atom stereocenters. The lowest BCUT2D eigenvalue weighted by Gasteiger charge is -2.47. The molecule has 100 valence electrons. The second-order valence-electron chi connectivity index (χ2n) is 5.97. The largest absolute Gasteiger partial charge is 0.327 e. The average molecular weight is 253 g/mol. The zero-order valence-corrected chi connectivity index (χ0v) is 11.7. The van der Waals surface area contributed by atoms with Gasteiger partial charge in [0.2, 0.25) is 0 Å². The fraction of sp³-hybridized carbons (Fsp3) is 0.444. The van der Waals surface area contributed by atoms with E-state index in [0.717, 1.165) is 6.42 Å². The third-order valence-corrected chi connectivity index (χ3v) is 4.88. The van der Waals surface area contributed by atoms with Crippen molar-refractivity contribution < 1.29 is 0 Å². The van der Waals surface area contributed by atoms with Gasteiger partial charge in [0, 0.05) is 11.5 Å². The molecule has 0 spiro atoms.